The van der Waals surface area contributed by atoms with Crippen molar-refractivity contribution in [3.63, 3.8) is 0 Å². The highest BCUT2D eigenvalue weighted by molar-refractivity contribution is 7.17. The van der Waals surface area contributed by atoms with Gasteiger partial charge in [-0.2, -0.15) is 0 Å². The van der Waals surface area contributed by atoms with E-state index in [9.17, 15) is 13.6 Å². The van der Waals surface area contributed by atoms with E-state index in [4.69, 9.17) is 17.3 Å². The topological polar surface area (TPSA) is 109 Å². The number of nitrogens with one attached hydrogen (secondary N) is 2. The standard InChI is InChI=1S/C20H20ClF2N7OS/c1-9-5-12(22)17(23)16(21)18(9)29-19(31)13-7-25-20(32-13)28-14-6-15(27-10(2)26-14)30-4-3-11(24)8-30/h5-7,11H,3-4,8,24H2,1-2H3,(H,29,31)(H,25,26,27,28). The van der Waals surface area contributed by atoms with Gasteiger partial charge in [0, 0.05) is 25.2 Å². The molecule has 0 spiro atoms. The van der Waals surface area contributed by atoms with Crippen molar-refractivity contribution in [3.8, 4) is 0 Å². The molecule has 1 aliphatic heterocycles. The van der Waals surface area contributed by atoms with E-state index in [1.54, 1.807) is 13.0 Å². The summed E-state index contributed by atoms with van der Waals surface area (Å²) in [6, 6.07) is 2.89. The lowest BCUT2D eigenvalue weighted by atomic mass is 10.2. The maximum absolute atomic E-state index is 13.8. The van der Waals surface area contributed by atoms with Crippen LogP contribution < -0.4 is 21.3 Å². The second-order valence-electron chi connectivity index (χ2n) is 7.44. The lowest BCUT2D eigenvalue weighted by Gasteiger charge is -2.18. The minimum atomic E-state index is -1.21. The van der Waals surface area contributed by atoms with Gasteiger partial charge in [0.2, 0.25) is 0 Å². The molecule has 3 aromatic rings. The number of anilines is 4. The van der Waals surface area contributed by atoms with Gasteiger partial charge in [0.15, 0.2) is 16.8 Å². The molecular weight excluding hydrogens is 460 g/mol. The zero-order chi connectivity index (χ0) is 23.0. The quantitative estimate of drug-likeness (QED) is 0.474. The van der Waals surface area contributed by atoms with E-state index in [1.807, 2.05) is 0 Å². The Morgan fingerprint density at radius 2 is 2.09 bits per heavy atom. The van der Waals surface area contributed by atoms with Crippen molar-refractivity contribution in [3.05, 3.63) is 51.3 Å². The fraction of sp³-hybridized carbons (Fsp3) is 0.300. The molecule has 1 aliphatic rings. The molecular formula is C20H20ClF2N7OS. The minimum Gasteiger partial charge on any atom is -0.355 e. The molecule has 0 aliphatic carbocycles. The van der Waals surface area contributed by atoms with Crippen molar-refractivity contribution >= 4 is 51.3 Å². The van der Waals surface area contributed by atoms with Gasteiger partial charge >= 0.3 is 0 Å². The highest BCUT2D eigenvalue weighted by Gasteiger charge is 2.22. The Labute approximate surface area is 191 Å². The van der Waals surface area contributed by atoms with Gasteiger partial charge in [-0.3, -0.25) is 4.79 Å². The van der Waals surface area contributed by atoms with Crippen LogP contribution >= 0.6 is 22.9 Å². The number of amides is 1. The molecule has 1 fully saturated rings. The Morgan fingerprint density at radius 3 is 2.81 bits per heavy atom. The van der Waals surface area contributed by atoms with Gasteiger partial charge in [-0.25, -0.2) is 23.7 Å². The number of aryl methyl sites for hydroxylation is 2. The molecule has 12 heteroatoms. The average molecular weight is 480 g/mol. The van der Waals surface area contributed by atoms with Crippen molar-refractivity contribution in [1.82, 2.24) is 15.0 Å². The molecule has 1 amide bonds. The van der Waals surface area contributed by atoms with Gasteiger partial charge in [-0.1, -0.05) is 22.9 Å². The number of carbonyl (C=O) groups excluding carboxylic acids is 1. The number of rotatable bonds is 5. The first-order chi connectivity index (χ1) is 15.2. The van der Waals surface area contributed by atoms with Crippen LogP contribution in [0, 0.1) is 25.5 Å². The summed E-state index contributed by atoms with van der Waals surface area (Å²) in [5, 5.41) is 5.55. The third kappa shape index (κ3) is 4.64. The molecule has 3 heterocycles. The van der Waals surface area contributed by atoms with Gasteiger partial charge in [0.1, 0.15) is 27.4 Å². The smallest absolute Gasteiger partial charge is 0.267 e. The lowest BCUT2D eigenvalue weighted by molar-refractivity contribution is 0.103. The molecule has 8 nitrogen and oxygen atoms in total. The van der Waals surface area contributed by atoms with Crippen molar-refractivity contribution < 1.29 is 13.6 Å². The van der Waals surface area contributed by atoms with Crippen LogP contribution in [0.1, 0.15) is 27.5 Å². The summed E-state index contributed by atoms with van der Waals surface area (Å²) in [7, 11) is 0. The Morgan fingerprint density at radius 1 is 1.31 bits per heavy atom. The van der Waals surface area contributed by atoms with Gasteiger partial charge in [0.05, 0.1) is 11.9 Å². The molecule has 2 aromatic heterocycles. The van der Waals surface area contributed by atoms with Crippen molar-refractivity contribution in [2.45, 2.75) is 26.3 Å². The average Bonchev–Trinajstić information content (AvgIpc) is 3.38. The number of hydrogen-bond acceptors (Lipinski definition) is 8. The van der Waals surface area contributed by atoms with Crippen LogP contribution in [0.5, 0.6) is 0 Å². The Kier molecular flexibility index (Phi) is 6.22. The van der Waals surface area contributed by atoms with Crippen LogP contribution in [-0.4, -0.2) is 40.0 Å². The number of thiazole rings is 1. The molecule has 1 aromatic carbocycles. The number of carbonyl (C=O) groups is 1. The molecule has 4 rings (SSSR count). The zero-order valence-corrected chi connectivity index (χ0v) is 18.8. The first-order valence-corrected chi connectivity index (χ1v) is 10.9. The third-order valence-electron chi connectivity index (χ3n) is 4.94. The molecule has 1 atom stereocenters. The Balaban J connectivity index is 1.50. The number of nitrogens with zero attached hydrogens (tertiary/aromatic N) is 4. The first kappa shape index (κ1) is 22.3. The van der Waals surface area contributed by atoms with Crippen LogP contribution in [0.4, 0.5) is 31.2 Å². The highest BCUT2D eigenvalue weighted by Crippen LogP contribution is 2.32. The molecule has 0 bridgehead atoms. The van der Waals surface area contributed by atoms with E-state index in [0.29, 0.717) is 22.3 Å². The van der Waals surface area contributed by atoms with E-state index in [0.717, 1.165) is 42.7 Å². The van der Waals surface area contributed by atoms with Gasteiger partial charge in [0.25, 0.3) is 5.91 Å². The zero-order valence-electron chi connectivity index (χ0n) is 17.2. The fourth-order valence-electron chi connectivity index (χ4n) is 3.36. The summed E-state index contributed by atoms with van der Waals surface area (Å²) in [5.74, 6) is -0.946. The maximum Gasteiger partial charge on any atom is 0.267 e. The number of nitrogens with two attached hydrogens (primary N) is 1. The van der Waals surface area contributed by atoms with E-state index in [-0.39, 0.29) is 16.6 Å². The minimum absolute atomic E-state index is 0.0124. The molecule has 168 valence electrons. The molecule has 1 unspecified atom stereocenters. The van der Waals surface area contributed by atoms with E-state index >= 15 is 0 Å². The molecule has 4 N–H and O–H groups in total. The Hall–Kier alpha value is -2.89. The van der Waals surface area contributed by atoms with Crippen molar-refractivity contribution in [2.75, 3.05) is 28.6 Å². The lowest BCUT2D eigenvalue weighted by Crippen LogP contribution is -2.27. The number of aromatic nitrogens is 3. The van der Waals surface area contributed by atoms with Crippen LogP contribution in [0.25, 0.3) is 0 Å². The van der Waals surface area contributed by atoms with Crippen molar-refractivity contribution in [2.24, 2.45) is 5.73 Å². The van der Waals surface area contributed by atoms with E-state index in [1.165, 1.54) is 13.1 Å². The summed E-state index contributed by atoms with van der Waals surface area (Å²) < 4.78 is 27.2. The largest absolute Gasteiger partial charge is 0.355 e. The molecule has 0 saturated carbocycles. The maximum atomic E-state index is 13.8. The SMILES string of the molecule is Cc1nc(Nc2ncc(C(=O)Nc3c(C)cc(F)c(F)c3Cl)s2)cc(N2CCC(N)C2)n1. The van der Waals surface area contributed by atoms with Crippen LogP contribution in [0.2, 0.25) is 5.02 Å². The summed E-state index contributed by atoms with van der Waals surface area (Å²) in [6.07, 6.45) is 2.28. The van der Waals surface area contributed by atoms with Crippen LogP contribution in [0.3, 0.4) is 0 Å². The third-order valence-corrected chi connectivity index (χ3v) is 6.20. The van der Waals surface area contributed by atoms with Crippen molar-refractivity contribution in [1.29, 1.82) is 0 Å². The molecule has 32 heavy (non-hydrogen) atoms. The predicted octanol–water partition coefficient (Wildman–Crippen LogP) is 4.01. The Bertz CT molecular complexity index is 1190. The number of benzene rings is 1. The molecule has 0 radical (unpaired) electrons. The first-order valence-electron chi connectivity index (χ1n) is 9.75. The second-order valence-corrected chi connectivity index (χ2v) is 8.85. The highest BCUT2D eigenvalue weighted by atomic mass is 35.5. The summed E-state index contributed by atoms with van der Waals surface area (Å²) in [6.45, 7) is 4.86. The predicted molar refractivity (Wildman–Crippen MR) is 121 cm³/mol. The summed E-state index contributed by atoms with van der Waals surface area (Å²) >= 11 is 6.94. The number of hydrogen-bond donors (Lipinski definition) is 3. The summed E-state index contributed by atoms with van der Waals surface area (Å²) in [5.41, 5.74) is 6.30. The second kappa shape index (κ2) is 8.93. The molecule has 1 saturated heterocycles. The van der Waals surface area contributed by atoms with Gasteiger partial charge in [-0.15, -0.1) is 0 Å². The van der Waals surface area contributed by atoms with E-state index in [2.05, 4.69) is 30.5 Å². The monoisotopic (exact) mass is 479 g/mol. The number of halogens is 3. The summed E-state index contributed by atoms with van der Waals surface area (Å²) in [4.78, 5) is 28.0. The normalized spacial score (nSPS) is 15.8. The van der Waals surface area contributed by atoms with Gasteiger partial charge in [-0.05, 0) is 31.9 Å². The fourth-order valence-corrected chi connectivity index (χ4v) is 4.37. The van der Waals surface area contributed by atoms with E-state index < -0.39 is 22.6 Å². The van der Waals surface area contributed by atoms with Crippen LogP contribution in [0.15, 0.2) is 18.3 Å². The van der Waals surface area contributed by atoms with Crippen LogP contribution in [-0.2, 0) is 0 Å². The van der Waals surface area contributed by atoms with Gasteiger partial charge < -0.3 is 21.3 Å².